The minimum atomic E-state index is 0.596. The number of rotatable bonds is 6. The molecule has 1 heterocycles. The zero-order valence-corrected chi connectivity index (χ0v) is 10.9. The molecule has 0 aliphatic carbocycles. The molecule has 2 aromatic rings. The minimum absolute atomic E-state index is 0.596. The van der Waals surface area contributed by atoms with Gasteiger partial charge in [-0.05, 0) is 18.6 Å². The Labute approximate surface area is 107 Å². The van der Waals surface area contributed by atoms with Crippen LogP contribution in [0.15, 0.2) is 24.3 Å². The Kier molecular flexibility index (Phi) is 4.34. The lowest BCUT2D eigenvalue weighted by atomic mass is 10.2. The van der Waals surface area contributed by atoms with E-state index in [0.717, 1.165) is 17.3 Å². The van der Waals surface area contributed by atoms with Gasteiger partial charge in [0.25, 0.3) is 0 Å². The molecule has 0 unspecified atom stereocenters. The van der Waals surface area contributed by atoms with Gasteiger partial charge in [0.05, 0.1) is 17.5 Å². The van der Waals surface area contributed by atoms with Crippen LogP contribution in [-0.4, -0.2) is 23.6 Å². The summed E-state index contributed by atoms with van der Waals surface area (Å²) in [7, 11) is 1.81. The van der Waals surface area contributed by atoms with E-state index in [9.17, 15) is 0 Å². The standard InChI is InChI=1S/C14H19N3O/c1-3-4-7-10-18-13-11-8-5-6-9-12(11)16-14(15-2)17-13/h5-6,8-9H,3-4,7,10H2,1-2H3,(H,15,16,17). The molecule has 2 rings (SSSR count). The van der Waals surface area contributed by atoms with Crippen LogP contribution in [-0.2, 0) is 0 Å². The quantitative estimate of drug-likeness (QED) is 0.794. The number of anilines is 1. The van der Waals surface area contributed by atoms with Gasteiger partial charge < -0.3 is 10.1 Å². The van der Waals surface area contributed by atoms with Crippen LogP contribution in [0.4, 0.5) is 5.95 Å². The molecule has 0 saturated carbocycles. The number of hydrogen-bond donors (Lipinski definition) is 1. The fourth-order valence-corrected chi connectivity index (χ4v) is 1.79. The van der Waals surface area contributed by atoms with E-state index in [2.05, 4.69) is 22.2 Å². The average molecular weight is 245 g/mol. The highest BCUT2D eigenvalue weighted by molar-refractivity contribution is 5.84. The van der Waals surface area contributed by atoms with Crippen molar-refractivity contribution >= 4 is 16.9 Å². The molecule has 0 aliphatic heterocycles. The molecule has 0 amide bonds. The van der Waals surface area contributed by atoms with Crippen LogP contribution in [0.3, 0.4) is 0 Å². The monoisotopic (exact) mass is 245 g/mol. The van der Waals surface area contributed by atoms with Crippen LogP contribution >= 0.6 is 0 Å². The van der Waals surface area contributed by atoms with E-state index < -0.39 is 0 Å². The Morgan fingerprint density at radius 3 is 2.78 bits per heavy atom. The van der Waals surface area contributed by atoms with Gasteiger partial charge in [-0.1, -0.05) is 31.9 Å². The van der Waals surface area contributed by atoms with Crippen molar-refractivity contribution < 1.29 is 4.74 Å². The SMILES string of the molecule is CCCCCOc1nc(NC)nc2ccccc12. The maximum Gasteiger partial charge on any atom is 0.226 e. The Hall–Kier alpha value is -1.84. The normalized spacial score (nSPS) is 10.6. The highest BCUT2D eigenvalue weighted by atomic mass is 16.5. The highest BCUT2D eigenvalue weighted by Crippen LogP contribution is 2.23. The van der Waals surface area contributed by atoms with Crippen LogP contribution in [0.25, 0.3) is 10.9 Å². The van der Waals surface area contributed by atoms with E-state index in [0.29, 0.717) is 18.4 Å². The topological polar surface area (TPSA) is 47.0 Å². The molecule has 0 atom stereocenters. The molecule has 0 bridgehead atoms. The predicted molar refractivity (Wildman–Crippen MR) is 74.1 cm³/mol. The van der Waals surface area contributed by atoms with Crippen LogP contribution in [0, 0.1) is 0 Å². The Morgan fingerprint density at radius 1 is 1.17 bits per heavy atom. The number of para-hydroxylation sites is 1. The minimum Gasteiger partial charge on any atom is -0.477 e. The van der Waals surface area contributed by atoms with Gasteiger partial charge in [-0.2, -0.15) is 4.98 Å². The molecule has 4 nitrogen and oxygen atoms in total. The molecule has 0 aliphatic rings. The molecule has 0 spiro atoms. The second-order valence-electron chi connectivity index (χ2n) is 4.18. The second-order valence-corrected chi connectivity index (χ2v) is 4.18. The number of nitrogens with one attached hydrogen (secondary N) is 1. The van der Waals surface area contributed by atoms with Crippen molar-refractivity contribution in [3.63, 3.8) is 0 Å². The molecule has 0 fully saturated rings. The fraction of sp³-hybridized carbons (Fsp3) is 0.429. The molecule has 96 valence electrons. The van der Waals surface area contributed by atoms with E-state index in [4.69, 9.17) is 4.74 Å². The summed E-state index contributed by atoms with van der Waals surface area (Å²) in [5, 5.41) is 3.92. The first-order valence-electron chi connectivity index (χ1n) is 6.42. The summed E-state index contributed by atoms with van der Waals surface area (Å²) in [6.07, 6.45) is 3.43. The number of unbranched alkanes of at least 4 members (excludes halogenated alkanes) is 2. The van der Waals surface area contributed by atoms with Crippen molar-refractivity contribution in [2.75, 3.05) is 19.0 Å². The summed E-state index contributed by atoms with van der Waals surface area (Å²) in [6, 6.07) is 7.90. The van der Waals surface area contributed by atoms with Gasteiger partial charge in [0.1, 0.15) is 0 Å². The third-order valence-corrected chi connectivity index (χ3v) is 2.78. The smallest absolute Gasteiger partial charge is 0.226 e. The van der Waals surface area contributed by atoms with Crippen molar-refractivity contribution in [1.82, 2.24) is 9.97 Å². The molecule has 0 radical (unpaired) electrons. The van der Waals surface area contributed by atoms with Gasteiger partial charge in [-0.3, -0.25) is 0 Å². The predicted octanol–water partition coefficient (Wildman–Crippen LogP) is 3.24. The summed E-state index contributed by atoms with van der Waals surface area (Å²) >= 11 is 0. The van der Waals surface area contributed by atoms with Crippen LogP contribution < -0.4 is 10.1 Å². The van der Waals surface area contributed by atoms with E-state index in [1.165, 1.54) is 12.8 Å². The first kappa shape index (κ1) is 12.6. The van der Waals surface area contributed by atoms with Gasteiger partial charge in [-0.15, -0.1) is 0 Å². The lowest BCUT2D eigenvalue weighted by Gasteiger charge is -2.09. The van der Waals surface area contributed by atoms with Crippen LogP contribution in [0.5, 0.6) is 5.88 Å². The molecule has 1 aromatic carbocycles. The van der Waals surface area contributed by atoms with E-state index in [-0.39, 0.29) is 0 Å². The molecule has 1 aromatic heterocycles. The Balaban J connectivity index is 2.23. The number of benzene rings is 1. The summed E-state index contributed by atoms with van der Waals surface area (Å²) in [6.45, 7) is 2.89. The first-order chi connectivity index (χ1) is 8.85. The molecule has 18 heavy (non-hydrogen) atoms. The van der Waals surface area contributed by atoms with Crippen molar-refractivity contribution in [2.45, 2.75) is 26.2 Å². The van der Waals surface area contributed by atoms with Crippen LogP contribution in [0.2, 0.25) is 0 Å². The van der Waals surface area contributed by atoms with E-state index in [1.807, 2.05) is 31.3 Å². The largest absolute Gasteiger partial charge is 0.477 e. The fourth-order valence-electron chi connectivity index (χ4n) is 1.79. The third-order valence-electron chi connectivity index (χ3n) is 2.78. The van der Waals surface area contributed by atoms with Gasteiger partial charge >= 0.3 is 0 Å². The molecule has 4 heteroatoms. The first-order valence-corrected chi connectivity index (χ1v) is 6.42. The van der Waals surface area contributed by atoms with Crippen molar-refractivity contribution in [3.8, 4) is 5.88 Å². The highest BCUT2D eigenvalue weighted by Gasteiger charge is 2.07. The van der Waals surface area contributed by atoms with Gasteiger partial charge in [0.15, 0.2) is 0 Å². The number of fused-ring (bicyclic) bond motifs is 1. The van der Waals surface area contributed by atoms with Gasteiger partial charge in [-0.25, -0.2) is 4.98 Å². The number of nitrogens with zero attached hydrogens (tertiary/aromatic N) is 2. The second kappa shape index (κ2) is 6.19. The number of hydrogen-bond acceptors (Lipinski definition) is 4. The zero-order valence-electron chi connectivity index (χ0n) is 10.9. The molecule has 1 N–H and O–H groups in total. The van der Waals surface area contributed by atoms with Crippen molar-refractivity contribution in [1.29, 1.82) is 0 Å². The Bertz CT molecular complexity index is 513. The molecular formula is C14H19N3O. The van der Waals surface area contributed by atoms with Crippen LogP contribution in [0.1, 0.15) is 26.2 Å². The maximum absolute atomic E-state index is 5.77. The van der Waals surface area contributed by atoms with Crippen molar-refractivity contribution in [2.24, 2.45) is 0 Å². The number of ether oxygens (including phenoxy) is 1. The van der Waals surface area contributed by atoms with Gasteiger partial charge in [0.2, 0.25) is 11.8 Å². The summed E-state index contributed by atoms with van der Waals surface area (Å²) in [5.41, 5.74) is 0.905. The third kappa shape index (κ3) is 2.88. The molecular weight excluding hydrogens is 226 g/mol. The number of aromatic nitrogens is 2. The zero-order chi connectivity index (χ0) is 12.8. The summed E-state index contributed by atoms with van der Waals surface area (Å²) < 4.78 is 5.77. The molecule has 0 saturated heterocycles. The Morgan fingerprint density at radius 2 is 2.00 bits per heavy atom. The van der Waals surface area contributed by atoms with E-state index >= 15 is 0 Å². The lowest BCUT2D eigenvalue weighted by molar-refractivity contribution is 0.299. The summed E-state index contributed by atoms with van der Waals surface area (Å²) in [4.78, 5) is 8.77. The van der Waals surface area contributed by atoms with Crippen molar-refractivity contribution in [3.05, 3.63) is 24.3 Å². The van der Waals surface area contributed by atoms with Gasteiger partial charge in [0, 0.05) is 7.05 Å². The lowest BCUT2D eigenvalue weighted by Crippen LogP contribution is -2.03. The average Bonchev–Trinajstić information content (AvgIpc) is 2.43. The maximum atomic E-state index is 5.77. The van der Waals surface area contributed by atoms with E-state index in [1.54, 1.807) is 0 Å². The summed E-state index contributed by atoms with van der Waals surface area (Å²) in [5.74, 6) is 1.26.